The Morgan fingerprint density at radius 1 is 1.22 bits per heavy atom. The van der Waals surface area contributed by atoms with Gasteiger partial charge in [0, 0.05) is 11.9 Å². The Kier molecular flexibility index (Phi) is 4.10. The molecule has 2 rings (SSSR count). The number of nitrogens with zero attached hydrogens (tertiary/aromatic N) is 3. The first kappa shape index (κ1) is 12.8. The van der Waals surface area contributed by atoms with Gasteiger partial charge in [0.25, 0.3) is 5.56 Å². The Balaban J connectivity index is 2.24. The molecule has 2 aromatic rings. The number of likely N-dealkylation sites (N-methyl/N-ethyl adjacent to an activating group) is 1. The van der Waals surface area contributed by atoms with Gasteiger partial charge in [-0.3, -0.25) is 4.79 Å². The Bertz CT molecular complexity index is 573. The summed E-state index contributed by atoms with van der Waals surface area (Å²) in [7, 11) is 0. The van der Waals surface area contributed by atoms with Crippen molar-refractivity contribution in [2.45, 2.75) is 20.4 Å². The van der Waals surface area contributed by atoms with Crippen LogP contribution in [-0.2, 0) is 6.54 Å². The molecule has 0 aliphatic heterocycles. The van der Waals surface area contributed by atoms with Crippen molar-refractivity contribution in [2.24, 2.45) is 0 Å². The maximum absolute atomic E-state index is 12.2. The molecule has 1 aromatic carbocycles. The first-order valence-electron chi connectivity index (χ1n) is 6.43. The molecular weight excluding hydrogens is 226 g/mol. The molecule has 0 saturated heterocycles. The van der Waals surface area contributed by atoms with E-state index >= 15 is 0 Å². The van der Waals surface area contributed by atoms with Crippen molar-refractivity contribution in [2.75, 3.05) is 19.6 Å². The van der Waals surface area contributed by atoms with Crippen molar-refractivity contribution in [1.29, 1.82) is 0 Å². The standard InChI is InChI=1S/C14H19N3O/c1-3-16(4-2)9-10-17-14(18)13-8-6-5-7-12(13)11-15-17/h5-8,11H,3-4,9-10H2,1-2H3. The average Bonchev–Trinajstić information content (AvgIpc) is 2.42. The monoisotopic (exact) mass is 245 g/mol. The zero-order valence-corrected chi connectivity index (χ0v) is 11.0. The molecule has 4 heteroatoms. The second-order valence-electron chi connectivity index (χ2n) is 4.29. The number of hydrogen-bond acceptors (Lipinski definition) is 3. The van der Waals surface area contributed by atoms with Crippen molar-refractivity contribution in [3.8, 4) is 0 Å². The summed E-state index contributed by atoms with van der Waals surface area (Å²) in [6, 6.07) is 7.58. The Morgan fingerprint density at radius 2 is 1.94 bits per heavy atom. The minimum atomic E-state index is 0.000237. The maximum atomic E-state index is 12.2. The smallest absolute Gasteiger partial charge is 0.274 e. The SMILES string of the molecule is CCN(CC)CCn1ncc2ccccc2c1=O. The van der Waals surface area contributed by atoms with Crippen LogP contribution in [0.4, 0.5) is 0 Å². The minimum absolute atomic E-state index is 0.000237. The van der Waals surface area contributed by atoms with E-state index in [1.165, 1.54) is 0 Å². The van der Waals surface area contributed by atoms with Gasteiger partial charge in [-0.1, -0.05) is 32.0 Å². The van der Waals surface area contributed by atoms with Gasteiger partial charge >= 0.3 is 0 Å². The molecule has 0 fully saturated rings. The molecule has 0 atom stereocenters. The van der Waals surface area contributed by atoms with Crippen LogP contribution in [0.5, 0.6) is 0 Å². The van der Waals surface area contributed by atoms with E-state index in [0.29, 0.717) is 6.54 Å². The zero-order valence-electron chi connectivity index (χ0n) is 11.0. The topological polar surface area (TPSA) is 38.1 Å². The Morgan fingerprint density at radius 3 is 2.67 bits per heavy atom. The highest BCUT2D eigenvalue weighted by Gasteiger charge is 2.05. The van der Waals surface area contributed by atoms with Crippen LogP contribution >= 0.6 is 0 Å². The van der Waals surface area contributed by atoms with Crippen LogP contribution in [-0.4, -0.2) is 34.3 Å². The van der Waals surface area contributed by atoms with E-state index in [2.05, 4.69) is 23.8 Å². The third kappa shape index (κ3) is 2.59. The molecule has 0 amide bonds. The number of aromatic nitrogens is 2. The summed E-state index contributed by atoms with van der Waals surface area (Å²) < 4.78 is 1.56. The molecule has 18 heavy (non-hydrogen) atoms. The van der Waals surface area contributed by atoms with Crippen molar-refractivity contribution >= 4 is 10.8 Å². The molecule has 0 aliphatic rings. The van der Waals surface area contributed by atoms with Crippen LogP contribution in [0.15, 0.2) is 35.3 Å². The van der Waals surface area contributed by atoms with Gasteiger partial charge in [-0.2, -0.15) is 5.10 Å². The normalized spacial score (nSPS) is 11.3. The summed E-state index contributed by atoms with van der Waals surface area (Å²) in [5, 5.41) is 5.87. The summed E-state index contributed by atoms with van der Waals surface area (Å²) >= 11 is 0. The third-order valence-electron chi connectivity index (χ3n) is 3.28. The van der Waals surface area contributed by atoms with Crippen LogP contribution in [0.1, 0.15) is 13.8 Å². The predicted octanol–water partition coefficient (Wildman–Crippen LogP) is 1.74. The van der Waals surface area contributed by atoms with E-state index in [1.807, 2.05) is 24.3 Å². The second-order valence-corrected chi connectivity index (χ2v) is 4.29. The van der Waals surface area contributed by atoms with Gasteiger partial charge in [-0.25, -0.2) is 4.68 Å². The van der Waals surface area contributed by atoms with Crippen LogP contribution in [0.25, 0.3) is 10.8 Å². The van der Waals surface area contributed by atoms with Gasteiger partial charge in [0.05, 0.1) is 18.1 Å². The lowest BCUT2D eigenvalue weighted by atomic mass is 10.2. The van der Waals surface area contributed by atoms with Gasteiger partial charge in [-0.15, -0.1) is 0 Å². The van der Waals surface area contributed by atoms with Gasteiger partial charge in [0.1, 0.15) is 0 Å². The molecule has 0 N–H and O–H groups in total. The van der Waals surface area contributed by atoms with Crippen molar-refractivity contribution in [3.05, 3.63) is 40.8 Å². The maximum Gasteiger partial charge on any atom is 0.274 e. The average molecular weight is 245 g/mol. The lowest BCUT2D eigenvalue weighted by Gasteiger charge is -2.17. The highest BCUT2D eigenvalue weighted by Crippen LogP contribution is 2.06. The summed E-state index contributed by atoms with van der Waals surface area (Å²) in [4.78, 5) is 14.5. The first-order chi connectivity index (χ1) is 8.76. The van der Waals surface area contributed by atoms with Gasteiger partial charge in [0.2, 0.25) is 0 Å². The van der Waals surface area contributed by atoms with Crippen LogP contribution in [0, 0.1) is 0 Å². The molecule has 4 nitrogen and oxygen atoms in total. The zero-order chi connectivity index (χ0) is 13.0. The summed E-state index contributed by atoms with van der Waals surface area (Å²) in [5.74, 6) is 0. The molecule has 1 heterocycles. The predicted molar refractivity (Wildman–Crippen MR) is 73.8 cm³/mol. The lowest BCUT2D eigenvalue weighted by Crippen LogP contribution is -2.32. The molecule has 0 spiro atoms. The Labute approximate surface area is 107 Å². The van der Waals surface area contributed by atoms with E-state index in [-0.39, 0.29) is 5.56 Å². The second kappa shape index (κ2) is 5.78. The van der Waals surface area contributed by atoms with E-state index < -0.39 is 0 Å². The molecule has 0 aliphatic carbocycles. The van der Waals surface area contributed by atoms with Crippen LogP contribution < -0.4 is 5.56 Å². The molecule has 0 unspecified atom stereocenters. The molecule has 0 saturated carbocycles. The lowest BCUT2D eigenvalue weighted by molar-refractivity contribution is 0.283. The van der Waals surface area contributed by atoms with Crippen molar-refractivity contribution < 1.29 is 0 Å². The third-order valence-corrected chi connectivity index (χ3v) is 3.28. The van der Waals surface area contributed by atoms with Gasteiger partial charge in [-0.05, 0) is 19.2 Å². The van der Waals surface area contributed by atoms with Gasteiger partial charge in [0.15, 0.2) is 0 Å². The summed E-state index contributed by atoms with van der Waals surface area (Å²) in [6.07, 6.45) is 1.76. The van der Waals surface area contributed by atoms with E-state index in [9.17, 15) is 4.79 Å². The fourth-order valence-corrected chi connectivity index (χ4v) is 2.06. The molecule has 0 radical (unpaired) electrons. The number of rotatable bonds is 5. The number of benzene rings is 1. The van der Waals surface area contributed by atoms with Crippen molar-refractivity contribution in [3.63, 3.8) is 0 Å². The molecule has 1 aromatic heterocycles. The van der Waals surface area contributed by atoms with E-state index in [1.54, 1.807) is 10.9 Å². The highest BCUT2D eigenvalue weighted by atomic mass is 16.1. The van der Waals surface area contributed by atoms with Crippen LogP contribution in [0.3, 0.4) is 0 Å². The summed E-state index contributed by atoms with van der Waals surface area (Å²) in [6.45, 7) is 7.75. The van der Waals surface area contributed by atoms with Crippen molar-refractivity contribution in [1.82, 2.24) is 14.7 Å². The quantitative estimate of drug-likeness (QED) is 0.805. The molecular formula is C14H19N3O. The fraction of sp³-hybridized carbons (Fsp3) is 0.429. The van der Waals surface area contributed by atoms with Gasteiger partial charge < -0.3 is 4.90 Å². The number of fused-ring (bicyclic) bond motifs is 1. The Hall–Kier alpha value is -1.68. The molecule has 0 bridgehead atoms. The molecule has 96 valence electrons. The largest absolute Gasteiger partial charge is 0.302 e. The summed E-state index contributed by atoms with van der Waals surface area (Å²) in [5.41, 5.74) is 0.000237. The van der Waals surface area contributed by atoms with Crippen LogP contribution in [0.2, 0.25) is 0 Å². The number of hydrogen-bond donors (Lipinski definition) is 0. The van der Waals surface area contributed by atoms with E-state index in [4.69, 9.17) is 0 Å². The first-order valence-corrected chi connectivity index (χ1v) is 6.43. The van der Waals surface area contributed by atoms with E-state index in [0.717, 1.165) is 30.4 Å². The minimum Gasteiger partial charge on any atom is -0.302 e. The fourth-order valence-electron chi connectivity index (χ4n) is 2.06. The highest BCUT2D eigenvalue weighted by molar-refractivity contribution is 5.80.